The zero-order chi connectivity index (χ0) is 27.7. The number of likely N-dealkylation sites (tertiary alicyclic amines) is 1. The topological polar surface area (TPSA) is 117 Å². The number of nitrogens with two attached hydrogens (primary N) is 1. The summed E-state index contributed by atoms with van der Waals surface area (Å²) in [6.07, 6.45) is 4.84. The van der Waals surface area contributed by atoms with Gasteiger partial charge in [0.2, 0.25) is 11.5 Å². The number of rotatable bonds is 6. The lowest BCUT2D eigenvalue weighted by Crippen LogP contribution is -2.41. The minimum atomic E-state index is -0.652. The quantitative estimate of drug-likeness (QED) is 0.442. The van der Waals surface area contributed by atoms with Gasteiger partial charge >= 0.3 is 0 Å². The van der Waals surface area contributed by atoms with Gasteiger partial charge in [0.15, 0.2) is 0 Å². The van der Waals surface area contributed by atoms with Crippen LogP contribution in [0.3, 0.4) is 0 Å². The smallest absolute Gasteiger partial charge is 0.280 e. The van der Waals surface area contributed by atoms with Crippen LogP contribution in [0.15, 0.2) is 47.5 Å². The number of aromatic nitrogens is 2. The standard InChI is InChI=1S/C30H38FN5O3/c1-30(2,39)22-13-15-35(16-14-22)18-19-3-12-25-26(17-19)36(24-10-6-20(7-11-24)27(32)37)29(33-25)34-28(38)21-4-8-23(31)9-5-21/h3-5,8-9,12,17,20,22,24,39H,6-7,10-11,13-16,18H2,1-2H3,(H2,32,37)(H,33,34,38)/t20-,24-. The number of piperidine rings is 1. The summed E-state index contributed by atoms with van der Waals surface area (Å²) in [4.78, 5) is 34.9. The first kappa shape index (κ1) is 27.3. The number of fused-ring (bicyclic) bond motifs is 1. The molecule has 1 saturated heterocycles. The summed E-state index contributed by atoms with van der Waals surface area (Å²) in [6.45, 7) is 6.46. The Morgan fingerprint density at radius 1 is 1.05 bits per heavy atom. The molecule has 8 nitrogen and oxygen atoms in total. The molecule has 39 heavy (non-hydrogen) atoms. The van der Waals surface area contributed by atoms with E-state index < -0.39 is 17.3 Å². The molecule has 0 radical (unpaired) electrons. The lowest BCUT2D eigenvalue weighted by atomic mass is 9.83. The molecule has 2 aliphatic rings. The van der Waals surface area contributed by atoms with E-state index in [9.17, 15) is 19.1 Å². The van der Waals surface area contributed by atoms with Crippen LogP contribution in [-0.2, 0) is 11.3 Å². The third-order valence-corrected chi connectivity index (χ3v) is 8.55. The Morgan fingerprint density at radius 3 is 2.33 bits per heavy atom. The third-order valence-electron chi connectivity index (χ3n) is 8.55. The van der Waals surface area contributed by atoms with Crippen molar-refractivity contribution in [3.8, 4) is 0 Å². The minimum absolute atomic E-state index is 0.0619. The minimum Gasteiger partial charge on any atom is -0.390 e. The fourth-order valence-corrected chi connectivity index (χ4v) is 6.15. The molecule has 2 aromatic carbocycles. The van der Waals surface area contributed by atoms with Gasteiger partial charge < -0.3 is 20.4 Å². The molecule has 2 amide bonds. The molecular weight excluding hydrogens is 497 g/mol. The molecule has 208 valence electrons. The Bertz CT molecular complexity index is 1400. The molecule has 1 aliphatic carbocycles. The molecule has 5 rings (SSSR count). The van der Waals surface area contributed by atoms with Gasteiger partial charge in [-0.1, -0.05) is 6.07 Å². The molecule has 9 heteroatoms. The molecule has 4 N–H and O–H groups in total. The highest BCUT2D eigenvalue weighted by atomic mass is 19.1. The van der Waals surface area contributed by atoms with Crippen LogP contribution < -0.4 is 11.4 Å². The summed E-state index contributed by atoms with van der Waals surface area (Å²) in [5, 5.41) is 10.4. The first-order valence-corrected chi connectivity index (χ1v) is 13.9. The number of aromatic amines is 1. The van der Waals surface area contributed by atoms with Crippen molar-refractivity contribution in [2.24, 2.45) is 22.6 Å². The maximum Gasteiger partial charge on any atom is 0.280 e. The third kappa shape index (κ3) is 6.15. The average Bonchev–Trinajstić information content (AvgIpc) is 3.25. The lowest BCUT2D eigenvalue weighted by Gasteiger charge is -2.37. The zero-order valence-corrected chi connectivity index (χ0v) is 22.7. The van der Waals surface area contributed by atoms with Crippen molar-refractivity contribution in [1.82, 2.24) is 14.5 Å². The number of hydrogen-bond acceptors (Lipinski definition) is 4. The summed E-state index contributed by atoms with van der Waals surface area (Å²) in [7, 11) is 0. The number of carbonyl (C=O) groups is 2. The van der Waals surface area contributed by atoms with Gasteiger partial charge in [0.1, 0.15) is 5.82 Å². The van der Waals surface area contributed by atoms with Crippen molar-refractivity contribution < 1.29 is 19.1 Å². The number of nitrogens with zero attached hydrogens (tertiary/aromatic N) is 3. The average molecular weight is 536 g/mol. The molecular formula is C30H38FN5O3. The van der Waals surface area contributed by atoms with Crippen molar-refractivity contribution in [2.45, 2.75) is 70.6 Å². The Labute approximate surface area is 227 Å². The molecule has 0 spiro atoms. The van der Waals surface area contributed by atoms with Gasteiger partial charge in [0.05, 0.1) is 16.6 Å². The fraction of sp³-hybridized carbons (Fsp3) is 0.500. The highest BCUT2D eigenvalue weighted by molar-refractivity contribution is 5.94. The van der Waals surface area contributed by atoms with Crippen LogP contribution in [0.4, 0.5) is 4.39 Å². The van der Waals surface area contributed by atoms with Crippen molar-refractivity contribution in [1.29, 1.82) is 0 Å². The van der Waals surface area contributed by atoms with Crippen LogP contribution in [0.2, 0.25) is 0 Å². The molecule has 2 fully saturated rings. The summed E-state index contributed by atoms with van der Waals surface area (Å²) in [6, 6.07) is 11.7. The SMILES string of the molecule is CC(C)(O)C1CCN(Cc2ccc3[nH]/c(=N\C(=O)c4ccc(F)cc4)n([C@H]4CC[C@H](C(N)=O)CC4)c3c2)CC1. The van der Waals surface area contributed by atoms with Crippen LogP contribution in [-0.4, -0.2) is 50.1 Å². The number of benzene rings is 2. The number of H-pyrrole nitrogens is 1. The van der Waals surface area contributed by atoms with E-state index in [1.165, 1.54) is 29.8 Å². The first-order valence-electron chi connectivity index (χ1n) is 13.9. The highest BCUT2D eigenvalue weighted by Gasteiger charge is 2.31. The maximum absolute atomic E-state index is 13.4. The van der Waals surface area contributed by atoms with Crippen molar-refractivity contribution in [3.05, 3.63) is 65.0 Å². The van der Waals surface area contributed by atoms with Gasteiger partial charge in [-0.2, -0.15) is 4.99 Å². The second-order valence-corrected chi connectivity index (χ2v) is 11.7. The van der Waals surface area contributed by atoms with Crippen molar-refractivity contribution in [2.75, 3.05) is 13.1 Å². The molecule has 1 aliphatic heterocycles. The van der Waals surface area contributed by atoms with E-state index in [1.54, 1.807) is 0 Å². The fourth-order valence-electron chi connectivity index (χ4n) is 6.15. The largest absolute Gasteiger partial charge is 0.390 e. The molecule has 1 aromatic heterocycles. The number of hydrogen-bond donors (Lipinski definition) is 3. The molecule has 3 aromatic rings. The number of amides is 2. The predicted octanol–water partition coefficient (Wildman–Crippen LogP) is 4.05. The number of primary amides is 1. The second-order valence-electron chi connectivity index (χ2n) is 11.7. The van der Waals surface area contributed by atoms with Crippen molar-refractivity contribution in [3.63, 3.8) is 0 Å². The number of nitrogens with one attached hydrogen (secondary N) is 1. The van der Waals surface area contributed by atoms with Gasteiger partial charge in [-0.15, -0.1) is 0 Å². The second kappa shape index (κ2) is 11.1. The van der Waals surface area contributed by atoms with Gasteiger partial charge in [-0.3, -0.25) is 14.5 Å². The zero-order valence-electron chi connectivity index (χ0n) is 22.7. The van der Waals surface area contributed by atoms with Gasteiger partial charge in [-0.05, 0) is 113 Å². The Kier molecular flexibility index (Phi) is 7.73. The Hall–Kier alpha value is -3.30. The number of aliphatic hydroxyl groups is 1. The van der Waals surface area contributed by atoms with Gasteiger partial charge in [-0.25, -0.2) is 4.39 Å². The van der Waals surface area contributed by atoms with Crippen LogP contribution in [0.25, 0.3) is 11.0 Å². The number of halogens is 1. The van der Waals surface area contributed by atoms with E-state index in [-0.39, 0.29) is 17.9 Å². The number of carbonyl (C=O) groups excluding carboxylic acids is 2. The van der Waals surface area contributed by atoms with Crippen LogP contribution in [0.1, 0.15) is 74.3 Å². The lowest BCUT2D eigenvalue weighted by molar-refractivity contribution is -0.122. The van der Waals surface area contributed by atoms with Crippen LogP contribution in [0.5, 0.6) is 0 Å². The monoisotopic (exact) mass is 535 g/mol. The highest BCUT2D eigenvalue weighted by Crippen LogP contribution is 2.34. The van der Waals surface area contributed by atoms with Crippen LogP contribution >= 0.6 is 0 Å². The molecule has 2 heterocycles. The van der Waals surface area contributed by atoms with E-state index in [2.05, 4.69) is 31.6 Å². The Balaban J connectivity index is 1.46. The van der Waals surface area contributed by atoms with E-state index in [4.69, 9.17) is 5.73 Å². The maximum atomic E-state index is 13.4. The summed E-state index contributed by atoms with van der Waals surface area (Å²) < 4.78 is 15.5. The van der Waals surface area contributed by atoms with E-state index >= 15 is 0 Å². The normalized spacial score (nSPS) is 21.9. The summed E-state index contributed by atoms with van der Waals surface area (Å²) in [5.41, 5.74) is 8.69. The van der Waals surface area contributed by atoms with E-state index in [0.29, 0.717) is 29.9 Å². The van der Waals surface area contributed by atoms with E-state index in [0.717, 1.165) is 56.4 Å². The van der Waals surface area contributed by atoms with E-state index in [1.807, 2.05) is 19.9 Å². The first-order chi connectivity index (χ1) is 18.6. The molecule has 0 atom stereocenters. The van der Waals surface area contributed by atoms with Crippen molar-refractivity contribution >= 4 is 22.8 Å². The predicted molar refractivity (Wildman–Crippen MR) is 147 cm³/mol. The molecule has 0 bridgehead atoms. The van der Waals surface area contributed by atoms with Gasteiger partial charge in [0.25, 0.3) is 5.91 Å². The summed E-state index contributed by atoms with van der Waals surface area (Å²) in [5.74, 6) is -0.937. The molecule has 0 unspecified atom stereocenters. The van der Waals surface area contributed by atoms with Gasteiger partial charge in [0, 0.05) is 24.1 Å². The summed E-state index contributed by atoms with van der Waals surface area (Å²) >= 11 is 0. The number of imidazole rings is 1. The molecule has 1 saturated carbocycles. The Morgan fingerprint density at radius 2 is 1.72 bits per heavy atom. The van der Waals surface area contributed by atoms with Crippen LogP contribution in [0, 0.1) is 17.7 Å².